The first-order valence-electron chi connectivity index (χ1n) is 4.14. The number of hydrogen-bond acceptors (Lipinski definition) is 2. The number of thiophene rings is 1. The van der Waals surface area contributed by atoms with E-state index in [4.69, 9.17) is 5.73 Å². The molecule has 2 rings (SSSR count). The highest BCUT2D eigenvalue weighted by molar-refractivity contribution is 7.07. The Balaban J connectivity index is 1.93. The third-order valence-electron chi connectivity index (χ3n) is 2.26. The zero-order chi connectivity index (χ0) is 7.68. The summed E-state index contributed by atoms with van der Waals surface area (Å²) < 4.78 is 0. The second-order valence-electron chi connectivity index (χ2n) is 3.34. The first-order chi connectivity index (χ1) is 5.36. The van der Waals surface area contributed by atoms with Crippen LogP contribution in [0.4, 0.5) is 0 Å². The fraction of sp³-hybridized carbons (Fsp3) is 0.556. The Morgan fingerprint density at radius 3 is 3.00 bits per heavy atom. The predicted molar refractivity (Wildman–Crippen MR) is 48.6 cm³/mol. The van der Waals surface area contributed by atoms with Crippen LogP contribution in [-0.4, -0.2) is 0 Å². The predicted octanol–water partition coefficient (Wildman–Crippen LogP) is 2.55. The van der Waals surface area contributed by atoms with Crippen LogP contribution in [0.3, 0.4) is 0 Å². The fourth-order valence-electron chi connectivity index (χ4n) is 1.33. The average Bonchev–Trinajstić information content (AvgIpc) is 2.67. The van der Waals surface area contributed by atoms with E-state index in [1.165, 1.54) is 24.8 Å². The summed E-state index contributed by atoms with van der Waals surface area (Å²) in [7, 11) is 0. The fourth-order valence-corrected chi connectivity index (χ4v) is 2.06. The molecule has 1 aromatic heterocycles. The van der Waals surface area contributed by atoms with E-state index in [0.29, 0.717) is 6.04 Å². The summed E-state index contributed by atoms with van der Waals surface area (Å²) in [4.78, 5) is 0. The lowest BCUT2D eigenvalue weighted by molar-refractivity contribution is 0.598. The molecule has 1 nitrogen and oxygen atoms in total. The molecule has 11 heavy (non-hydrogen) atoms. The first-order valence-corrected chi connectivity index (χ1v) is 5.08. The van der Waals surface area contributed by atoms with E-state index in [9.17, 15) is 0 Å². The maximum Gasteiger partial charge on any atom is 0.0305 e. The Hall–Kier alpha value is -0.340. The van der Waals surface area contributed by atoms with Gasteiger partial charge >= 0.3 is 0 Å². The van der Waals surface area contributed by atoms with Crippen LogP contribution in [-0.2, 0) is 0 Å². The lowest BCUT2D eigenvalue weighted by Crippen LogP contribution is -2.09. The monoisotopic (exact) mass is 167 g/mol. The van der Waals surface area contributed by atoms with Crippen LogP contribution < -0.4 is 5.73 Å². The molecule has 0 unspecified atom stereocenters. The maximum atomic E-state index is 5.99. The molecule has 0 bridgehead atoms. The third kappa shape index (κ3) is 1.82. The number of hydrogen-bond donors (Lipinski definition) is 1. The average molecular weight is 167 g/mol. The van der Waals surface area contributed by atoms with Gasteiger partial charge in [-0.2, -0.15) is 11.3 Å². The van der Waals surface area contributed by atoms with Crippen LogP contribution in [0.5, 0.6) is 0 Å². The molecule has 0 spiro atoms. The highest BCUT2D eigenvalue weighted by atomic mass is 32.1. The molecular weight excluding hydrogens is 154 g/mol. The maximum absolute atomic E-state index is 5.99. The van der Waals surface area contributed by atoms with Gasteiger partial charge in [-0.1, -0.05) is 12.8 Å². The quantitative estimate of drug-likeness (QED) is 0.735. The van der Waals surface area contributed by atoms with E-state index in [1.807, 2.05) is 0 Å². The molecule has 0 aromatic carbocycles. The highest BCUT2D eigenvalue weighted by Gasteiger charge is 2.24. The molecule has 1 atom stereocenters. The van der Waals surface area contributed by atoms with Crippen LogP contribution in [0.25, 0.3) is 0 Å². The van der Waals surface area contributed by atoms with Crippen LogP contribution in [0.2, 0.25) is 0 Å². The lowest BCUT2D eigenvalue weighted by Gasteiger charge is -2.07. The molecule has 0 radical (unpaired) electrons. The molecule has 2 heteroatoms. The molecule has 0 aliphatic heterocycles. The third-order valence-corrected chi connectivity index (χ3v) is 2.96. The van der Waals surface area contributed by atoms with E-state index in [1.54, 1.807) is 11.3 Å². The van der Waals surface area contributed by atoms with Gasteiger partial charge in [0, 0.05) is 6.04 Å². The van der Waals surface area contributed by atoms with Gasteiger partial charge in [0.15, 0.2) is 0 Å². The van der Waals surface area contributed by atoms with Crippen molar-refractivity contribution in [1.82, 2.24) is 0 Å². The van der Waals surface area contributed by atoms with Crippen LogP contribution in [0, 0.1) is 5.92 Å². The van der Waals surface area contributed by atoms with Gasteiger partial charge in [0.2, 0.25) is 0 Å². The van der Waals surface area contributed by atoms with Crippen LogP contribution >= 0.6 is 11.3 Å². The molecule has 1 aliphatic rings. The van der Waals surface area contributed by atoms with E-state index in [-0.39, 0.29) is 0 Å². The van der Waals surface area contributed by atoms with Crippen LogP contribution in [0.15, 0.2) is 16.8 Å². The first kappa shape index (κ1) is 7.32. The Morgan fingerprint density at radius 1 is 1.64 bits per heavy atom. The molecule has 60 valence electrons. The zero-order valence-corrected chi connectivity index (χ0v) is 7.31. The lowest BCUT2D eigenvalue weighted by atomic mass is 10.1. The Bertz CT molecular complexity index is 213. The minimum atomic E-state index is 0.300. The van der Waals surface area contributed by atoms with Gasteiger partial charge in [0.1, 0.15) is 0 Å². The second-order valence-corrected chi connectivity index (χ2v) is 4.12. The largest absolute Gasteiger partial charge is 0.324 e. The Kier molecular flexibility index (Phi) is 1.96. The molecule has 1 aliphatic carbocycles. The van der Waals surface area contributed by atoms with Gasteiger partial charge in [0.25, 0.3) is 0 Å². The molecule has 0 saturated heterocycles. The standard InChI is InChI=1S/C9H13NS/c10-9(5-7-1-2-7)8-3-4-11-6-8/h3-4,6-7,9H,1-2,5,10H2/t9-/m0/s1. The molecule has 1 fully saturated rings. The van der Waals surface area contributed by atoms with Crippen molar-refractivity contribution >= 4 is 11.3 Å². The Labute approximate surface area is 71.2 Å². The molecule has 1 heterocycles. The van der Waals surface area contributed by atoms with Crippen molar-refractivity contribution in [3.8, 4) is 0 Å². The van der Waals surface area contributed by atoms with Crippen molar-refractivity contribution in [2.24, 2.45) is 11.7 Å². The van der Waals surface area contributed by atoms with Crippen molar-refractivity contribution in [2.75, 3.05) is 0 Å². The van der Waals surface area contributed by atoms with E-state index in [2.05, 4.69) is 16.8 Å². The summed E-state index contributed by atoms with van der Waals surface area (Å²) in [6.45, 7) is 0. The summed E-state index contributed by atoms with van der Waals surface area (Å²) in [5.74, 6) is 0.935. The second kappa shape index (κ2) is 2.95. The van der Waals surface area contributed by atoms with Crippen molar-refractivity contribution < 1.29 is 0 Å². The van der Waals surface area contributed by atoms with Crippen molar-refractivity contribution in [1.29, 1.82) is 0 Å². The van der Waals surface area contributed by atoms with Gasteiger partial charge in [-0.3, -0.25) is 0 Å². The number of rotatable bonds is 3. The minimum absolute atomic E-state index is 0.300. The summed E-state index contributed by atoms with van der Waals surface area (Å²) in [6.07, 6.45) is 3.99. The van der Waals surface area contributed by atoms with E-state index in [0.717, 1.165) is 5.92 Å². The summed E-state index contributed by atoms with van der Waals surface area (Å²) in [5.41, 5.74) is 7.31. The molecule has 1 saturated carbocycles. The summed E-state index contributed by atoms with van der Waals surface area (Å²) in [5, 5.41) is 4.26. The minimum Gasteiger partial charge on any atom is -0.324 e. The zero-order valence-electron chi connectivity index (χ0n) is 6.49. The van der Waals surface area contributed by atoms with Gasteiger partial charge in [0.05, 0.1) is 0 Å². The summed E-state index contributed by atoms with van der Waals surface area (Å²) >= 11 is 1.74. The van der Waals surface area contributed by atoms with Gasteiger partial charge < -0.3 is 5.73 Å². The Morgan fingerprint density at radius 2 is 2.45 bits per heavy atom. The SMILES string of the molecule is N[C@@H](CC1CC1)c1ccsc1. The van der Waals surface area contributed by atoms with Crippen molar-refractivity contribution in [2.45, 2.75) is 25.3 Å². The van der Waals surface area contributed by atoms with Crippen molar-refractivity contribution in [3.63, 3.8) is 0 Å². The van der Waals surface area contributed by atoms with Gasteiger partial charge in [-0.25, -0.2) is 0 Å². The van der Waals surface area contributed by atoms with Crippen LogP contribution in [0.1, 0.15) is 30.9 Å². The molecular formula is C9H13NS. The topological polar surface area (TPSA) is 26.0 Å². The van der Waals surface area contributed by atoms with E-state index < -0.39 is 0 Å². The molecule has 1 aromatic rings. The van der Waals surface area contributed by atoms with Gasteiger partial charge in [-0.05, 0) is 34.7 Å². The molecule has 2 N–H and O–H groups in total. The smallest absolute Gasteiger partial charge is 0.0305 e. The summed E-state index contributed by atoms with van der Waals surface area (Å²) in [6, 6.07) is 2.44. The highest BCUT2D eigenvalue weighted by Crippen LogP contribution is 2.36. The van der Waals surface area contributed by atoms with Gasteiger partial charge in [-0.15, -0.1) is 0 Å². The van der Waals surface area contributed by atoms with E-state index >= 15 is 0 Å². The van der Waals surface area contributed by atoms with Crippen molar-refractivity contribution in [3.05, 3.63) is 22.4 Å². The number of nitrogens with two attached hydrogens (primary N) is 1. The normalized spacial score (nSPS) is 20.1. The molecule has 0 amide bonds.